The van der Waals surface area contributed by atoms with Gasteiger partial charge in [0, 0.05) is 73.4 Å². The Hall–Kier alpha value is -13.2. The Kier molecular flexibility index (Phi) is 12.2. The highest BCUT2D eigenvalue weighted by atomic mass is 16.5. The summed E-state index contributed by atoms with van der Waals surface area (Å²) in [7, 11) is 0. The summed E-state index contributed by atoms with van der Waals surface area (Å²) in [6.07, 6.45) is 0. The second kappa shape index (κ2) is 21.7. The average molecular weight is 1360 g/mol. The molecule has 8 heterocycles. The van der Waals surface area contributed by atoms with Crippen LogP contribution in [0.15, 0.2) is 328 Å². The second-order valence-electron chi connectivity index (χ2n) is 30.3. The van der Waals surface area contributed by atoms with Crippen molar-refractivity contribution in [1.29, 1.82) is 0 Å². The fourth-order valence-corrected chi connectivity index (χ4v) is 19.5. The Bertz CT molecular complexity index is 6110. The van der Waals surface area contributed by atoms with Crippen molar-refractivity contribution in [2.75, 3.05) is 29.4 Å². The molecule has 0 N–H and O–H groups in total. The molecule has 0 spiro atoms. The lowest BCUT2D eigenvalue weighted by molar-refractivity contribution is 0.477. The van der Waals surface area contributed by atoms with Crippen LogP contribution in [0.2, 0.25) is 0 Å². The van der Waals surface area contributed by atoms with E-state index in [4.69, 9.17) is 9.47 Å². The summed E-state index contributed by atoms with van der Waals surface area (Å²) in [6, 6.07) is 121. The normalized spacial score (nSPS) is 14.8. The summed E-state index contributed by atoms with van der Waals surface area (Å²) >= 11 is 0. The van der Waals surface area contributed by atoms with Crippen molar-refractivity contribution in [2.45, 2.75) is 38.5 Å². The number of hydrogen-bond donors (Lipinski definition) is 0. The lowest BCUT2D eigenvalue weighted by Crippen LogP contribution is -2.63. The Morgan fingerprint density at radius 2 is 0.613 bits per heavy atom. The maximum atomic E-state index is 7.38. The van der Waals surface area contributed by atoms with Gasteiger partial charge in [0.2, 0.25) is 0 Å². The van der Waals surface area contributed by atoms with E-state index in [1.54, 1.807) is 0 Å². The van der Waals surface area contributed by atoms with Crippen molar-refractivity contribution in [3.8, 4) is 45.3 Å². The fraction of sp³-hybridized carbons (Fsp3) is 0.0625. The van der Waals surface area contributed by atoms with Crippen molar-refractivity contribution in [2.24, 2.45) is 0 Å². The van der Waals surface area contributed by atoms with Crippen molar-refractivity contribution in [3.05, 3.63) is 350 Å². The highest BCUT2D eigenvalue weighted by Gasteiger charge is 2.53. The molecule has 8 aliphatic heterocycles. The lowest BCUT2D eigenvalue weighted by atomic mass is 9.32. The lowest BCUT2D eigenvalue weighted by Gasteiger charge is -2.52. The van der Waals surface area contributed by atoms with Crippen LogP contribution in [0.1, 0.15) is 49.9 Å². The van der Waals surface area contributed by atoms with Crippen LogP contribution in [0.3, 0.4) is 0 Å². The number of anilines is 18. The van der Waals surface area contributed by atoms with Crippen LogP contribution in [0.5, 0.6) is 23.0 Å². The summed E-state index contributed by atoms with van der Waals surface area (Å²) in [5.41, 5.74) is 36.7. The Morgan fingerprint density at radius 3 is 1.16 bits per heavy atom. The van der Waals surface area contributed by atoms with E-state index < -0.39 is 0 Å². The van der Waals surface area contributed by atoms with Gasteiger partial charge in [0.1, 0.15) is 0 Å². The summed E-state index contributed by atoms with van der Waals surface area (Å²) in [5, 5.41) is 0. The first-order valence-electron chi connectivity index (χ1n) is 37.0. The maximum absolute atomic E-state index is 7.38. The van der Waals surface area contributed by atoms with Gasteiger partial charge in [0.15, 0.2) is 23.0 Å². The minimum Gasteiger partial charge on any atom is -0.453 e. The van der Waals surface area contributed by atoms with Crippen molar-refractivity contribution < 1.29 is 9.47 Å². The number of rotatable bonds is 8. The molecule has 0 fully saturated rings. The number of ether oxygens (including phenoxy) is 2. The molecule has 15 aromatic rings. The molecule has 0 unspecified atom stereocenters. The third kappa shape index (κ3) is 8.10. The van der Waals surface area contributed by atoms with Gasteiger partial charge in [0.25, 0.3) is 13.4 Å². The van der Waals surface area contributed by atoms with Gasteiger partial charge >= 0.3 is 0 Å². The molecular formula is C96H66B2N6O2. The predicted molar refractivity (Wildman–Crippen MR) is 439 cm³/mol. The molecule has 8 aliphatic rings. The van der Waals surface area contributed by atoms with Crippen molar-refractivity contribution >= 4 is 149 Å². The monoisotopic (exact) mass is 1360 g/mol. The molecule has 0 amide bonds. The molecule has 0 saturated carbocycles. The first-order chi connectivity index (χ1) is 52.1. The molecule has 106 heavy (non-hydrogen) atoms. The maximum Gasteiger partial charge on any atom is 0.252 e. The third-order valence-electron chi connectivity index (χ3n) is 24.0. The molecule has 10 heteroatoms. The summed E-state index contributed by atoms with van der Waals surface area (Å²) in [4.78, 5) is 15.1. The second-order valence-corrected chi connectivity index (χ2v) is 30.3. The molecular weight excluding hydrogens is 1290 g/mol. The van der Waals surface area contributed by atoms with Crippen LogP contribution in [0.4, 0.5) is 102 Å². The SMILES string of the molecule is CC1(C)c2ccccc2N2c3cc(N(c4ccccc4)c4cccc(-c5cc6c7c(c5)B5c8cccc9c8N(c8ccccc8O9)c8cc(-c9ccc(N(c%10ccccc%10)c%10ccccc%10)cc9)cc(c85)N7c5ccccc5O6)c4)cc4c3B(c3cccc1c32)c1cccc2c1N4c1ccccc1C2(C)C. The molecule has 0 saturated heterocycles. The van der Waals surface area contributed by atoms with Gasteiger partial charge in [-0.15, -0.1) is 0 Å². The van der Waals surface area contributed by atoms with Gasteiger partial charge in [0.05, 0.1) is 39.8 Å². The highest BCUT2D eigenvalue weighted by molar-refractivity contribution is 7.01. The van der Waals surface area contributed by atoms with Gasteiger partial charge < -0.3 is 38.9 Å². The highest BCUT2D eigenvalue weighted by Crippen LogP contribution is 2.61. The zero-order valence-corrected chi connectivity index (χ0v) is 58.8. The molecule has 0 radical (unpaired) electrons. The van der Waals surface area contributed by atoms with Crippen LogP contribution < -0.4 is 71.7 Å². The van der Waals surface area contributed by atoms with E-state index >= 15 is 0 Å². The fourth-order valence-electron chi connectivity index (χ4n) is 19.5. The zero-order chi connectivity index (χ0) is 70.0. The van der Waals surface area contributed by atoms with E-state index in [1.165, 1.54) is 83.7 Å². The first kappa shape index (κ1) is 59.4. The van der Waals surface area contributed by atoms with Crippen LogP contribution in [0.25, 0.3) is 22.3 Å². The quantitative estimate of drug-likeness (QED) is 0.139. The Labute approximate surface area is 617 Å². The van der Waals surface area contributed by atoms with E-state index in [-0.39, 0.29) is 24.3 Å². The zero-order valence-electron chi connectivity index (χ0n) is 58.8. The van der Waals surface area contributed by atoms with Gasteiger partial charge in [-0.05, 0) is 211 Å². The van der Waals surface area contributed by atoms with Crippen LogP contribution >= 0.6 is 0 Å². The number of benzene rings is 15. The number of fused-ring (bicyclic) bond motifs is 16. The molecule has 498 valence electrons. The van der Waals surface area contributed by atoms with Gasteiger partial charge in [-0.3, -0.25) is 0 Å². The minimum absolute atomic E-state index is 0.0284. The summed E-state index contributed by atoms with van der Waals surface area (Å²) in [5.74, 6) is 3.24. The van der Waals surface area contributed by atoms with E-state index in [0.29, 0.717) is 0 Å². The van der Waals surface area contributed by atoms with Crippen LogP contribution in [0, 0.1) is 0 Å². The summed E-state index contributed by atoms with van der Waals surface area (Å²) < 4.78 is 14.4. The topological polar surface area (TPSA) is 37.9 Å². The van der Waals surface area contributed by atoms with Gasteiger partial charge in [-0.25, -0.2) is 0 Å². The van der Waals surface area contributed by atoms with E-state index in [0.717, 1.165) is 119 Å². The molecule has 8 nitrogen and oxygen atoms in total. The molecule has 23 rings (SSSR count). The first-order valence-corrected chi connectivity index (χ1v) is 37.0. The van der Waals surface area contributed by atoms with Crippen LogP contribution in [-0.4, -0.2) is 13.4 Å². The molecule has 0 aliphatic carbocycles. The number of para-hydroxylation sites is 12. The van der Waals surface area contributed by atoms with E-state index in [2.05, 4.69) is 385 Å². The largest absolute Gasteiger partial charge is 0.453 e. The van der Waals surface area contributed by atoms with Crippen molar-refractivity contribution in [1.82, 2.24) is 0 Å². The molecule has 0 atom stereocenters. The van der Waals surface area contributed by atoms with Gasteiger partial charge in [-0.2, -0.15) is 0 Å². The average Bonchev–Trinajstić information content (AvgIpc) is 0.672. The van der Waals surface area contributed by atoms with Gasteiger partial charge in [-0.1, -0.05) is 222 Å². The van der Waals surface area contributed by atoms with Crippen molar-refractivity contribution in [3.63, 3.8) is 0 Å². The molecule has 0 bridgehead atoms. The predicted octanol–water partition coefficient (Wildman–Crippen LogP) is 21.6. The Balaban J connectivity index is 0.727. The smallest absolute Gasteiger partial charge is 0.252 e. The minimum atomic E-state index is -0.260. The number of nitrogens with zero attached hydrogens (tertiary/aromatic N) is 6. The molecule has 0 aromatic heterocycles. The summed E-state index contributed by atoms with van der Waals surface area (Å²) in [6.45, 7) is 9.40. The Morgan fingerprint density at radius 1 is 0.236 bits per heavy atom. The van der Waals surface area contributed by atoms with Crippen LogP contribution in [-0.2, 0) is 10.8 Å². The standard InChI is InChI=1S/C96H66B2N6O2/c1-95(2)69-34-14-16-41-77(69)101-83-57-68(58-84-90(83)97(73-38-23-36-71(95)91(73)101)74-39-24-37-72-92(74)102(84)78-42-17-15-35-70(78)96(72,3)4)100(65-31-12-7-13-32-65)67-33-22-26-60(52-67)61-53-76-94-88(56-61)106-86-46-21-19-44-80(86)104(94)82-55-62(59-48-50-66(51-49-59)99(63-27-8-5-9-28-63)64-29-10-6-11-30-64)54-81-89(82)98(76)75-40-25-47-87-93(75)103(81)79-43-18-20-45-85(79)105-87/h5-58H,1-4H3. The molecule has 15 aromatic carbocycles. The van der Waals surface area contributed by atoms with E-state index in [1.807, 2.05) is 0 Å². The number of hydrogen-bond acceptors (Lipinski definition) is 8. The third-order valence-corrected chi connectivity index (χ3v) is 24.0. The van der Waals surface area contributed by atoms with E-state index in [9.17, 15) is 0 Å².